The highest BCUT2D eigenvalue weighted by Gasteiger charge is 2.28. The molecule has 0 saturated carbocycles. The van der Waals surface area contributed by atoms with Crippen LogP contribution in [-0.4, -0.2) is 53.5 Å². The zero-order valence-electron chi connectivity index (χ0n) is 8.36. The summed E-state index contributed by atoms with van der Waals surface area (Å²) in [4.78, 5) is 12.8. The first-order chi connectivity index (χ1) is 7.15. The Morgan fingerprint density at radius 1 is 1.60 bits per heavy atom. The molecule has 0 bridgehead atoms. The van der Waals surface area contributed by atoms with Crippen molar-refractivity contribution in [2.75, 3.05) is 31.2 Å². The zero-order chi connectivity index (χ0) is 11.3. The normalized spacial score (nSPS) is 20.9. The Bertz CT molecular complexity index is 210. The first-order valence-corrected chi connectivity index (χ1v) is 6.06. The van der Waals surface area contributed by atoms with Crippen LogP contribution in [0.1, 0.15) is 6.42 Å². The van der Waals surface area contributed by atoms with Gasteiger partial charge in [0.25, 0.3) is 6.43 Å². The van der Waals surface area contributed by atoms with Gasteiger partial charge in [-0.05, 0) is 12.2 Å². The summed E-state index contributed by atoms with van der Waals surface area (Å²) in [6.45, 7) is -0.830. The van der Waals surface area contributed by atoms with Gasteiger partial charge in [-0.15, -0.1) is 0 Å². The third-order valence-corrected chi connectivity index (χ3v) is 3.48. The minimum Gasteiger partial charge on any atom is -0.395 e. The molecule has 6 heteroatoms. The standard InChI is InChI=1S/C9H15F2NO2S/c10-8(11)5-12(2-3-13)9(14)7-1-4-15-6-7/h7-8,13H,1-6H2. The maximum Gasteiger partial charge on any atom is 0.255 e. The molecule has 1 aliphatic heterocycles. The van der Waals surface area contributed by atoms with Crippen molar-refractivity contribution < 1.29 is 18.7 Å². The molecule has 1 aliphatic rings. The Balaban J connectivity index is 2.49. The van der Waals surface area contributed by atoms with Gasteiger partial charge in [-0.25, -0.2) is 8.78 Å². The second kappa shape index (κ2) is 6.27. The smallest absolute Gasteiger partial charge is 0.255 e. The molecule has 15 heavy (non-hydrogen) atoms. The van der Waals surface area contributed by atoms with Gasteiger partial charge in [0.1, 0.15) is 0 Å². The third-order valence-electron chi connectivity index (χ3n) is 2.32. The fraction of sp³-hybridized carbons (Fsp3) is 0.889. The number of aliphatic hydroxyl groups is 1. The summed E-state index contributed by atoms with van der Waals surface area (Å²) in [6.07, 6.45) is -1.77. The quantitative estimate of drug-likeness (QED) is 0.772. The Morgan fingerprint density at radius 3 is 2.80 bits per heavy atom. The number of halogens is 2. The molecule has 1 N–H and O–H groups in total. The molecule has 0 aromatic heterocycles. The molecule has 0 spiro atoms. The number of hydrogen-bond donors (Lipinski definition) is 1. The van der Waals surface area contributed by atoms with E-state index in [9.17, 15) is 13.6 Å². The van der Waals surface area contributed by atoms with E-state index in [2.05, 4.69) is 0 Å². The molecule has 0 aromatic rings. The molecule has 0 radical (unpaired) electrons. The van der Waals surface area contributed by atoms with E-state index in [-0.39, 0.29) is 25.0 Å². The van der Waals surface area contributed by atoms with E-state index in [1.807, 2.05) is 0 Å². The van der Waals surface area contributed by atoms with E-state index in [1.54, 1.807) is 11.8 Å². The van der Waals surface area contributed by atoms with E-state index in [0.717, 1.165) is 17.1 Å². The molecule has 1 heterocycles. The summed E-state index contributed by atoms with van der Waals surface area (Å²) >= 11 is 1.67. The van der Waals surface area contributed by atoms with Crippen LogP contribution in [-0.2, 0) is 4.79 Å². The summed E-state index contributed by atoms with van der Waals surface area (Å²) in [7, 11) is 0. The molecule has 0 aliphatic carbocycles. The second-order valence-corrected chi connectivity index (χ2v) is 4.61. The Kier molecular flexibility index (Phi) is 5.31. The van der Waals surface area contributed by atoms with Gasteiger partial charge >= 0.3 is 0 Å². The van der Waals surface area contributed by atoms with E-state index in [4.69, 9.17) is 5.11 Å². The van der Waals surface area contributed by atoms with Gasteiger partial charge in [0.15, 0.2) is 0 Å². The SMILES string of the molecule is O=C(C1CCSC1)N(CCO)CC(F)F. The predicted octanol–water partition coefficient (Wildman–Crippen LogP) is 0.826. The van der Waals surface area contributed by atoms with Crippen LogP contribution in [0.2, 0.25) is 0 Å². The minimum absolute atomic E-state index is 0.00431. The number of nitrogens with zero attached hydrogens (tertiary/aromatic N) is 1. The summed E-state index contributed by atoms with van der Waals surface area (Å²) in [5.41, 5.74) is 0. The lowest BCUT2D eigenvalue weighted by Crippen LogP contribution is -2.41. The van der Waals surface area contributed by atoms with Crippen molar-refractivity contribution >= 4 is 17.7 Å². The van der Waals surface area contributed by atoms with Crippen LogP contribution < -0.4 is 0 Å². The summed E-state index contributed by atoms with van der Waals surface area (Å²) in [5.74, 6) is 1.25. The largest absolute Gasteiger partial charge is 0.395 e. The summed E-state index contributed by atoms with van der Waals surface area (Å²) in [6, 6.07) is 0. The molecule has 1 atom stereocenters. The topological polar surface area (TPSA) is 40.5 Å². The number of carbonyl (C=O) groups excluding carboxylic acids is 1. The number of rotatable bonds is 5. The first-order valence-electron chi connectivity index (χ1n) is 4.90. The summed E-state index contributed by atoms with van der Waals surface area (Å²) < 4.78 is 24.3. The van der Waals surface area contributed by atoms with Crippen LogP contribution in [0.3, 0.4) is 0 Å². The van der Waals surface area contributed by atoms with Crippen LogP contribution in [0, 0.1) is 5.92 Å². The highest BCUT2D eigenvalue weighted by Crippen LogP contribution is 2.25. The minimum atomic E-state index is -2.53. The van der Waals surface area contributed by atoms with Gasteiger partial charge in [-0.3, -0.25) is 4.79 Å². The van der Waals surface area contributed by atoms with Crippen LogP contribution in [0.5, 0.6) is 0 Å². The molecule has 3 nitrogen and oxygen atoms in total. The number of thioether (sulfide) groups is 1. The number of amides is 1. The monoisotopic (exact) mass is 239 g/mol. The van der Waals surface area contributed by atoms with Gasteiger partial charge < -0.3 is 10.0 Å². The Hall–Kier alpha value is -0.360. The van der Waals surface area contributed by atoms with Crippen LogP contribution in [0.25, 0.3) is 0 Å². The van der Waals surface area contributed by atoms with E-state index < -0.39 is 13.0 Å². The van der Waals surface area contributed by atoms with Crippen molar-refractivity contribution in [3.8, 4) is 0 Å². The molecule has 0 aromatic carbocycles. The van der Waals surface area contributed by atoms with Gasteiger partial charge in [-0.1, -0.05) is 0 Å². The molecular weight excluding hydrogens is 224 g/mol. The van der Waals surface area contributed by atoms with Crippen molar-refractivity contribution in [1.29, 1.82) is 0 Å². The first kappa shape index (κ1) is 12.7. The summed E-state index contributed by atoms with van der Waals surface area (Å²) in [5, 5.41) is 8.70. The number of hydrogen-bond acceptors (Lipinski definition) is 3. The van der Waals surface area contributed by atoms with Crippen molar-refractivity contribution in [3.05, 3.63) is 0 Å². The van der Waals surface area contributed by atoms with Crippen LogP contribution in [0.4, 0.5) is 8.78 Å². The maximum atomic E-state index is 12.2. The molecule has 1 amide bonds. The van der Waals surface area contributed by atoms with Gasteiger partial charge in [0.05, 0.1) is 13.2 Å². The Morgan fingerprint density at radius 2 is 2.33 bits per heavy atom. The van der Waals surface area contributed by atoms with E-state index in [0.29, 0.717) is 5.75 Å². The molecule has 1 fully saturated rings. The van der Waals surface area contributed by atoms with Crippen molar-refractivity contribution in [1.82, 2.24) is 4.90 Å². The van der Waals surface area contributed by atoms with E-state index in [1.165, 1.54) is 0 Å². The highest BCUT2D eigenvalue weighted by molar-refractivity contribution is 7.99. The molecular formula is C9H15F2NO2S. The third kappa shape index (κ3) is 3.95. The lowest BCUT2D eigenvalue weighted by atomic mass is 10.1. The average Bonchev–Trinajstić information content (AvgIpc) is 2.68. The molecule has 1 unspecified atom stereocenters. The lowest BCUT2D eigenvalue weighted by Gasteiger charge is -2.24. The fourth-order valence-corrected chi connectivity index (χ4v) is 2.78. The average molecular weight is 239 g/mol. The maximum absolute atomic E-state index is 12.2. The fourth-order valence-electron chi connectivity index (χ4n) is 1.57. The van der Waals surface area contributed by atoms with E-state index >= 15 is 0 Å². The van der Waals surface area contributed by atoms with Gasteiger partial charge in [0, 0.05) is 18.2 Å². The van der Waals surface area contributed by atoms with Crippen molar-refractivity contribution in [3.63, 3.8) is 0 Å². The second-order valence-electron chi connectivity index (χ2n) is 3.46. The predicted molar refractivity (Wildman–Crippen MR) is 55.1 cm³/mol. The molecule has 1 rings (SSSR count). The number of aliphatic hydroxyl groups excluding tert-OH is 1. The molecule has 1 saturated heterocycles. The van der Waals surface area contributed by atoms with Crippen LogP contribution in [0.15, 0.2) is 0 Å². The number of carbonyl (C=O) groups is 1. The van der Waals surface area contributed by atoms with Crippen molar-refractivity contribution in [2.45, 2.75) is 12.8 Å². The van der Waals surface area contributed by atoms with Crippen molar-refractivity contribution in [2.24, 2.45) is 5.92 Å². The Labute approximate surface area is 91.8 Å². The zero-order valence-corrected chi connectivity index (χ0v) is 9.18. The van der Waals surface area contributed by atoms with Crippen LogP contribution >= 0.6 is 11.8 Å². The van der Waals surface area contributed by atoms with Gasteiger partial charge in [0.2, 0.25) is 5.91 Å². The lowest BCUT2D eigenvalue weighted by molar-refractivity contribution is -0.137. The number of alkyl halides is 2. The molecule has 88 valence electrons. The van der Waals surface area contributed by atoms with Gasteiger partial charge in [-0.2, -0.15) is 11.8 Å². The highest BCUT2D eigenvalue weighted by atomic mass is 32.2.